The molecule has 2 aromatic rings. The zero-order chi connectivity index (χ0) is 17.5. The molecular weight excluding hydrogens is 323 g/mol. The van der Waals surface area contributed by atoms with Crippen molar-refractivity contribution >= 4 is 18.2 Å². The van der Waals surface area contributed by atoms with Gasteiger partial charge in [0.05, 0.1) is 5.56 Å². The summed E-state index contributed by atoms with van der Waals surface area (Å²) in [7, 11) is 0. The van der Waals surface area contributed by atoms with Crippen molar-refractivity contribution in [3.63, 3.8) is 0 Å². The molecule has 1 aliphatic heterocycles. The van der Waals surface area contributed by atoms with E-state index in [1.807, 2.05) is 0 Å². The summed E-state index contributed by atoms with van der Waals surface area (Å²) in [4.78, 5) is 12.3. The van der Waals surface area contributed by atoms with Crippen LogP contribution in [-0.4, -0.2) is 17.7 Å². The van der Waals surface area contributed by atoms with Crippen LogP contribution in [0.3, 0.4) is 0 Å². The maximum Gasteiger partial charge on any atom is 0.417 e. The summed E-state index contributed by atoms with van der Waals surface area (Å²) < 4.78 is 52.1. The lowest BCUT2D eigenvalue weighted by atomic mass is 9.63. The van der Waals surface area contributed by atoms with Gasteiger partial charge in [0.1, 0.15) is 5.82 Å². The lowest BCUT2D eigenvalue weighted by Crippen LogP contribution is -2.26. The molecule has 0 spiro atoms. The van der Waals surface area contributed by atoms with E-state index in [4.69, 9.17) is 0 Å². The second-order valence-corrected chi connectivity index (χ2v) is 5.88. The van der Waals surface area contributed by atoms with Gasteiger partial charge in [-0.1, -0.05) is 23.8 Å². The summed E-state index contributed by atoms with van der Waals surface area (Å²) in [6, 6.07) is 7.15. The fourth-order valence-corrected chi connectivity index (χ4v) is 3.01. The Morgan fingerprint density at radius 1 is 1.17 bits per heavy atom. The highest BCUT2D eigenvalue weighted by Gasteiger charge is 2.35. The summed E-state index contributed by atoms with van der Waals surface area (Å²) in [6.07, 6.45) is -3.71. The average molecular weight is 336 g/mol. The van der Waals surface area contributed by atoms with Crippen LogP contribution in [-0.2, 0) is 19.0 Å². The Morgan fingerprint density at radius 2 is 1.92 bits per heavy atom. The van der Waals surface area contributed by atoms with Gasteiger partial charge in [0.15, 0.2) is 5.78 Å². The summed E-state index contributed by atoms with van der Waals surface area (Å²) >= 11 is 0. The molecule has 0 saturated heterocycles. The molecule has 0 amide bonds. The van der Waals surface area contributed by atoms with Crippen molar-refractivity contribution in [2.24, 2.45) is 0 Å². The molecule has 0 atom stereocenters. The standard InChI is InChI=1S/C17H13BF4O2/c19-12-3-4-13(14(9-12)17(20,21)22)16(23)8-10-1-2-11-5-6-18(24)15(11)7-10/h1-4,7,9,24H,5-6,8H2. The molecule has 1 heterocycles. The highest BCUT2D eigenvalue weighted by Crippen LogP contribution is 2.33. The molecule has 0 unspecified atom stereocenters. The van der Waals surface area contributed by atoms with Gasteiger partial charge in [0.2, 0.25) is 0 Å². The van der Waals surface area contributed by atoms with Crippen LogP contribution >= 0.6 is 0 Å². The highest BCUT2D eigenvalue weighted by atomic mass is 19.4. The molecule has 2 nitrogen and oxygen atoms in total. The SMILES string of the molecule is O=C(Cc1ccc2c(c1)B(O)CC2)c1ccc(F)cc1C(F)(F)F. The van der Waals surface area contributed by atoms with E-state index in [1.165, 1.54) is 0 Å². The van der Waals surface area contributed by atoms with Crippen LogP contribution < -0.4 is 5.46 Å². The zero-order valence-electron chi connectivity index (χ0n) is 12.5. The maximum absolute atomic E-state index is 13.1. The van der Waals surface area contributed by atoms with E-state index in [2.05, 4.69) is 0 Å². The van der Waals surface area contributed by atoms with Gasteiger partial charge in [-0.2, -0.15) is 13.2 Å². The Balaban J connectivity index is 1.90. The lowest BCUT2D eigenvalue weighted by molar-refractivity contribution is -0.138. The van der Waals surface area contributed by atoms with E-state index >= 15 is 0 Å². The van der Waals surface area contributed by atoms with E-state index in [9.17, 15) is 27.4 Å². The topological polar surface area (TPSA) is 37.3 Å². The summed E-state index contributed by atoms with van der Waals surface area (Å²) in [5.41, 5.74) is 0.405. The van der Waals surface area contributed by atoms with Crippen LogP contribution in [0.15, 0.2) is 36.4 Å². The average Bonchev–Trinajstić information content (AvgIpc) is 2.87. The molecule has 3 rings (SSSR count). The minimum absolute atomic E-state index is 0.241. The number of rotatable bonds is 3. The third kappa shape index (κ3) is 3.22. The van der Waals surface area contributed by atoms with Gasteiger partial charge in [-0.3, -0.25) is 4.79 Å². The van der Waals surface area contributed by atoms with Gasteiger partial charge in [-0.25, -0.2) is 4.39 Å². The van der Waals surface area contributed by atoms with Gasteiger partial charge in [-0.15, -0.1) is 0 Å². The molecule has 1 N–H and O–H groups in total. The third-order valence-corrected chi connectivity index (χ3v) is 4.21. The molecular formula is C17H13BF4O2. The number of benzene rings is 2. The second-order valence-electron chi connectivity index (χ2n) is 5.88. The monoisotopic (exact) mass is 336 g/mol. The lowest BCUT2D eigenvalue weighted by Gasteiger charge is -2.12. The number of hydrogen-bond donors (Lipinski definition) is 1. The molecule has 0 radical (unpaired) electrons. The number of aryl methyl sites for hydroxylation is 1. The van der Waals surface area contributed by atoms with Gasteiger partial charge < -0.3 is 5.02 Å². The molecule has 0 aliphatic carbocycles. The summed E-state index contributed by atoms with van der Waals surface area (Å²) in [6.45, 7) is -0.605. The van der Waals surface area contributed by atoms with Crippen LogP contribution in [0.25, 0.3) is 0 Å². The molecule has 0 fully saturated rings. The molecule has 24 heavy (non-hydrogen) atoms. The van der Waals surface area contributed by atoms with Crippen LogP contribution in [0.2, 0.25) is 6.32 Å². The van der Waals surface area contributed by atoms with E-state index in [-0.39, 0.29) is 6.42 Å². The van der Waals surface area contributed by atoms with Crippen molar-refractivity contribution in [2.45, 2.75) is 25.3 Å². The molecule has 0 bridgehead atoms. The quantitative estimate of drug-likeness (QED) is 0.532. The van der Waals surface area contributed by atoms with Crippen LogP contribution in [0.5, 0.6) is 0 Å². The first kappa shape index (κ1) is 16.7. The Hall–Kier alpha value is -2.15. The largest absolute Gasteiger partial charge is 0.446 e. The number of Topliss-reactive ketones (excluding diaryl/α,β-unsaturated/α-hetero) is 1. The van der Waals surface area contributed by atoms with Crippen LogP contribution in [0.4, 0.5) is 17.6 Å². The van der Waals surface area contributed by atoms with Gasteiger partial charge in [0.25, 0.3) is 0 Å². The van der Waals surface area contributed by atoms with Crippen molar-refractivity contribution < 1.29 is 27.4 Å². The number of carbonyl (C=O) groups is 1. The number of ketones is 1. The van der Waals surface area contributed by atoms with Crippen LogP contribution in [0.1, 0.15) is 27.0 Å². The van der Waals surface area contributed by atoms with E-state index < -0.39 is 35.8 Å². The van der Waals surface area contributed by atoms with E-state index in [0.717, 1.165) is 29.6 Å². The minimum atomic E-state index is -4.80. The Bertz CT molecular complexity index is 802. The van der Waals surface area contributed by atoms with Gasteiger partial charge >= 0.3 is 13.1 Å². The molecule has 124 valence electrons. The first-order valence-electron chi connectivity index (χ1n) is 7.45. The molecule has 0 aromatic heterocycles. The Kier molecular flexibility index (Phi) is 4.21. The minimum Gasteiger partial charge on any atom is -0.446 e. The zero-order valence-corrected chi connectivity index (χ0v) is 12.5. The number of alkyl halides is 3. The molecule has 7 heteroatoms. The second kappa shape index (κ2) is 6.05. The predicted molar refractivity (Wildman–Crippen MR) is 82.0 cm³/mol. The number of fused-ring (bicyclic) bond motifs is 1. The van der Waals surface area contributed by atoms with Crippen molar-refractivity contribution in [3.05, 3.63) is 64.5 Å². The number of carbonyl (C=O) groups excluding carboxylic acids is 1. The van der Waals surface area contributed by atoms with Crippen molar-refractivity contribution in [2.75, 3.05) is 0 Å². The van der Waals surface area contributed by atoms with Gasteiger partial charge in [-0.05, 0) is 42.0 Å². The van der Waals surface area contributed by atoms with E-state index in [0.29, 0.717) is 17.9 Å². The maximum atomic E-state index is 13.1. The van der Waals surface area contributed by atoms with Gasteiger partial charge in [0, 0.05) is 12.0 Å². The fraction of sp³-hybridized carbons (Fsp3) is 0.235. The number of hydrogen-bond acceptors (Lipinski definition) is 2. The van der Waals surface area contributed by atoms with E-state index in [1.54, 1.807) is 18.2 Å². The van der Waals surface area contributed by atoms with Crippen molar-refractivity contribution in [1.82, 2.24) is 0 Å². The summed E-state index contributed by atoms with van der Waals surface area (Å²) in [5.74, 6) is -1.78. The molecule has 1 aliphatic rings. The Labute approximate surface area is 136 Å². The highest BCUT2D eigenvalue weighted by molar-refractivity contribution is 6.68. The summed E-state index contributed by atoms with van der Waals surface area (Å²) in [5, 5.41) is 9.86. The third-order valence-electron chi connectivity index (χ3n) is 4.21. The van der Waals surface area contributed by atoms with Crippen molar-refractivity contribution in [1.29, 1.82) is 0 Å². The first-order chi connectivity index (χ1) is 11.3. The fourth-order valence-electron chi connectivity index (χ4n) is 3.01. The number of halogens is 4. The van der Waals surface area contributed by atoms with Crippen molar-refractivity contribution in [3.8, 4) is 0 Å². The Morgan fingerprint density at radius 3 is 2.62 bits per heavy atom. The normalized spacial score (nSPS) is 14.0. The molecule has 2 aromatic carbocycles. The van der Waals surface area contributed by atoms with Crippen LogP contribution in [0, 0.1) is 5.82 Å². The first-order valence-corrected chi connectivity index (χ1v) is 7.45. The predicted octanol–water partition coefficient (Wildman–Crippen LogP) is 3.02. The molecule has 0 saturated carbocycles. The smallest absolute Gasteiger partial charge is 0.417 e.